The molecule has 8 heteroatoms. The van der Waals surface area contributed by atoms with E-state index in [-0.39, 0.29) is 23.1 Å². The highest BCUT2D eigenvalue weighted by Gasteiger charge is 2.31. The van der Waals surface area contributed by atoms with Gasteiger partial charge in [-0.15, -0.1) is 0 Å². The van der Waals surface area contributed by atoms with Gasteiger partial charge in [-0.25, -0.2) is 0 Å². The summed E-state index contributed by atoms with van der Waals surface area (Å²) in [6.07, 6.45) is 2.58. The van der Waals surface area contributed by atoms with Crippen LogP contribution in [0.15, 0.2) is 18.3 Å². The first-order valence-electron chi connectivity index (χ1n) is 6.98. The Hall–Kier alpha value is -1.50. The van der Waals surface area contributed by atoms with E-state index in [2.05, 4.69) is 15.4 Å². The quantitative estimate of drug-likeness (QED) is 0.896. The first kappa shape index (κ1) is 15.4. The lowest BCUT2D eigenvalue weighted by Gasteiger charge is -2.19. The molecule has 1 saturated heterocycles. The molecule has 1 amide bonds. The van der Waals surface area contributed by atoms with Gasteiger partial charge in [0.05, 0.1) is 10.7 Å². The summed E-state index contributed by atoms with van der Waals surface area (Å²) in [5, 5.41) is 7.67. The van der Waals surface area contributed by atoms with Gasteiger partial charge in [-0.1, -0.05) is 23.2 Å². The topological polar surface area (TPSA) is 71.9 Å². The highest BCUT2D eigenvalue weighted by atomic mass is 35.5. The number of hydrogen-bond donors (Lipinski definition) is 2. The van der Waals surface area contributed by atoms with Crippen molar-refractivity contribution < 1.29 is 9.53 Å². The van der Waals surface area contributed by atoms with Crippen molar-refractivity contribution in [3.8, 4) is 0 Å². The number of aromatic nitrogens is 3. The number of ether oxygens (including phenoxy) is 1. The summed E-state index contributed by atoms with van der Waals surface area (Å²) in [7, 11) is 1.88. The minimum Gasteiger partial charge on any atom is -0.372 e. The average Bonchev–Trinajstić information content (AvgIpc) is 3.18. The third-order valence-electron chi connectivity index (χ3n) is 3.86. The lowest BCUT2D eigenvalue weighted by atomic mass is 9.99. The molecule has 118 valence electrons. The lowest BCUT2D eigenvalue weighted by Crippen LogP contribution is -2.31. The fraction of sp³-hybridized carbons (Fsp3) is 0.429. The molecule has 0 saturated carbocycles. The van der Waals surface area contributed by atoms with E-state index in [4.69, 9.17) is 27.9 Å². The number of aryl methyl sites for hydroxylation is 1. The van der Waals surface area contributed by atoms with Crippen molar-refractivity contribution in [1.82, 2.24) is 20.1 Å². The summed E-state index contributed by atoms with van der Waals surface area (Å²) in [4.78, 5) is 14.9. The maximum Gasteiger partial charge on any atom is 0.267 e. The monoisotopic (exact) mass is 342 g/mol. The molecule has 2 aromatic heterocycles. The van der Waals surface area contributed by atoms with E-state index in [1.165, 1.54) is 6.07 Å². The van der Waals surface area contributed by atoms with E-state index in [0.29, 0.717) is 23.9 Å². The molecule has 2 atom stereocenters. The maximum absolute atomic E-state index is 12.1. The SMILES string of the molecule is Cn1nccc1[C@@H]1OCC[C@H]1CNC(=O)c1cc(Cl)c(Cl)[nH]1. The van der Waals surface area contributed by atoms with Gasteiger partial charge >= 0.3 is 0 Å². The zero-order valence-corrected chi connectivity index (χ0v) is 13.5. The average molecular weight is 343 g/mol. The molecule has 22 heavy (non-hydrogen) atoms. The van der Waals surface area contributed by atoms with Crippen LogP contribution in [0.1, 0.15) is 28.7 Å². The smallest absolute Gasteiger partial charge is 0.267 e. The normalized spacial score (nSPS) is 21.2. The molecule has 0 radical (unpaired) electrons. The zero-order valence-electron chi connectivity index (χ0n) is 12.0. The largest absolute Gasteiger partial charge is 0.372 e. The second-order valence-electron chi connectivity index (χ2n) is 5.27. The Morgan fingerprint density at radius 3 is 3.05 bits per heavy atom. The number of carbonyl (C=O) groups excluding carboxylic acids is 1. The number of hydrogen-bond acceptors (Lipinski definition) is 3. The van der Waals surface area contributed by atoms with E-state index in [9.17, 15) is 4.79 Å². The molecule has 0 unspecified atom stereocenters. The summed E-state index contributed by atoms with van der Waals surface area (Å²) in [6, 6.07) is 3.46. The predicted molar refractivity (Wildman–Crippen MR) is 83.2 cm³/mol. The highest BCUT2D eigenvalue weighted by Crippen LogP contribution is 2.33. The Morgan fingerprint density at radius 2 is 2.41 bits per heavy atom. The molecule has 2 N–H and O–H groups in total. The van der Waals surface area contributed by atoms with Crippen LogP contribution in [0.3, 0.4) is 0 Å². The van der Waals surface area contributed by atoms with Crippen molar-refractivity contribution in [2.24, 2.45) is 13.0 Å². The molecule has 3 rings (SSSR count). The number of carbonyl (C=O) groups is 1. The van der Waals surface area contributed by atoms with E-state index in [1.54, 1.807) is 10.9 Å². The van der Waals surface area contributed by atoms with Gasteiger partial charge in [0.25, 0.3) is 5.91 Å². The van der Waals surface area contributed by atoms with Crippen LogP contribution in [0.5, 0.6) is 0 Å². The number of rotatable bonds is 4. The molecule has 0 aliphatic carbocycles. The second-order valence-corrected chi connectivity index (χ2v) is 6.06. The summed E-state index contributed by atoms with van der Waals surface area (Å²) in [5.41, 5.74) is 1.37. The van der Waals surface area contributed by atoms with Crippen LogP contribution in [0, 0.1) is 5.92 Å². The van der Waals surface area contributed by atoms with Gasteiger partial charge in [-0.3, -0.25) is 9.48 Å². The maximum atomic E-state index is 12.1. The standard InChI is InChI=1S/C14H16Cl2N4O2/c1-20-11(2-4-18-20)12-8(3-5-22-12)7-17-14(21)10-6-9(15)13(16)19-10/h2,4,6,8,12,19H,3,5,7H2,1H3,(H,17,21)/t8-,12+/m0/s1. The number of nitrogens with zero attached hydrogens (tertiary/aromatic N) is 2. The number of aromatic amines is 1. The van der Waals surface area contributed by atoms with Gasteiger partial charge in [0.1, 0.15) is 17.0 Å². The lowest BCUT2D eigenvalue weighted by molar-refractivity contribution is 0.0799. The van der Waals surface area contributed by atoms with Crippen LogP contribution in [0.4, 0.5) is 0 Å². The van der Waals surface area contributed by atoms with Gasteiger partial charge in [-0.2, -0.15) is 5.10 Å². The van der Waals surface area contributed by atoms with Crippen LogP contribution in [0.2, 0.25) is 10.2 Å². The Morgan fingerprint density at radius 1 is 1.59 bits per heavy atom. The van der Waals surface area contributed by atoms with Crippen molar-refractivity contribution >= 4 is 29.1 Å². The molecule has 2 aromatic rings. The van der Waals surface area contributed by atoms with Gasteiger partial charge in [0, 0.05) is 32.3 Å². The minimum absolute atomic E-state index is 0.0522. The molecular formula is C14H16Cl2N4O2. The molecule has 0 bridgehead atoms. The number of amides is 1. The third-order valence-corrected chi connectivity index (χ3v) is 4.55. The molecule has 3 heterocycles. The second kappa shape index (κ2) is 6.32. The van der Waals surface area contributed by atoms with Crippen molar-refractivity contribution in [2.75, 3.05) is 13.2 Å². The molecule has 0 spiro atoms. The van der Waals surface area contributed by atoms with Crippen molar-refractivity contribution in [2.45, 2.75) is 12.5 Å². The van der Waals surface area contributed by atoms with E-state index < -0.39 is 0 Å². The van der Waals surface area contributed by atoms with Crippen molar-refractivity contribution in [3.63, 3.8) is 0 Å². The van der Waals surface area contributed by atoms with Crippen molar-refractivity contribution in [1.29, 1.82) is 0 Å². The Balaban J connectivity index is 1.63. The van der Waals surface area contributed by atoms with Crippen LogP contribution < -0.4 is 5.32 Å². The minimum atomic E-state index is -0.232. The van der Waals surface area contributed by atoms with Crippen LogP contribution in [-0.2, 0) is 11.8 Å². The molecule has 0 aromatic carbocycles. The number of halogens is 2. The van der Waals surface area contributed by atoms with Gasteiger partial charge in [-0.05, 0) is 18.6 Å². The van der Waals surface area contributed by atoms with Gasteiger partial charge < -0.3 is 15.0 Å². The molecule has 1 aliphatic heterocycles. The summed E-state index contributed by atoms with van der Waals surface area (Å²) < 4.78 is 7.59. The first-order chi connectivity index (χ1) is 10.6. The number of H-pyrrole nitrogens is 1. The molecule has 1 fully saturated rings. The van der Waals surface area contributed by atoms with Gasteiger partial charge in [0.2, 0.25) is 0 Å². The van der Waals surface area contributed by atoms with Crippen LogP contribution >= 0.6 is 23.2 Å². The first-order valence-corrected chi connectivity index (χ1v) is 7.73. The molecular weight excluding hydrogens is 327 g/mol. The Labute approximate surface area is 137 Å². The van der Waals surface area contributed by atoms with E-state index in [0.717, 1.165) is 12.1 Å². The Bertz CT molecular complexity index is 663. The summed E-state index contributed by atoms with van der Waals surface area (Å²) in [6.45, 7) is 1.19. The van der Waals surface area contributed by atoms with E-state index in [1.807, 2.05) is 13.1 Å². The third kappa shape index (κ3) is 2.99. The fourth-order valence-corrected chi connectivity index (χ4v) is 2.99. The zero-order chi connectivity index (χ0) is 15.7. The summed E-state index contributed by atoms with van der Waals surface area (Å²) in [5.74, 6) is -0.0234. The van der Waals surface area contributed by atoms with Crippen LogP contribution in [0.25, 0.3) is 0 Å². The van der Waals surface area contributed by atoms with Crippen molar-refractivity contribution in [3.05, 3.63) is 39.9 Å². The highest BCUT2D eigenvalue weighted by molar-refractivity contribution is 6.41. The molecule has 6 nitrogen and oxygen atoms in total. The van der Waals surface area contributed by atoms with E-state index >= 15 is 0 Å². The predicted octanol–water partition coefficient (Wildman–Crippen LogP) is 2.56. The van der Waals surface area contributed by atoms with Crippen LogP contribution in [-0.4, -0.2) is 33.8 Å². The Kier molecular flexibility index (Phi) is 4.42. The molecule has 1 aliphatic rings. The summed E-state index contributed by atoms with van der Waals surface area (Å²) >= 11 is 11.6. The number of nitrogens with one attached hydrogen (secondary N) is 2. The fourth-order valence-electron chi connectivity index (χ4n) is 2.68. The van der Waals surface area contributed by atoms with Gasteiger partial charge in [0.15, 0.2) is 0 Å².